The Bertz CT molecular complexity index is 1770. The first-order valence-electron chi connectivity index (χ1n) is 11.0. The van der Waals surface area contributed by atoms with E-state index < -0.39 is 0 Å². The van der Waals surface area contributed by atoms with E-state index in [0.29, 0.717) is 16.9 Å². The van der Waals surface area contributed by atoms with Crippen LogP contribution in [0, 0.1) is 0 Å². The van der Waals surface area contributed by atoms with Crippen LogP contribution in [-0.2, 0) is 7.05 Å². The highest BCUT2D eigenvalue weighted by Gasteiger charge is 2.33. The Morgan fingerprint density at radius 1 is 0.794 bits per heavy atom. The summed E-state index contributed by atoms with van der Waals surface area (Å²) in [4.78, 5) is 27.3. The highest BCUT2D eigenvalue weighted by atomic mass is 32.1. The van der Waals surface area contributed by atoms with Gasteiger partial charge in [0.2, 0.25) is 0 Å². The van der Waals surface area contributed by atoms with Crippen molar-refractivity contribution in [1.29, 1.82) is 0 Å². The predicted octanol–water partition coefficient (Wildman–Crippen LogP) is 7.27. The van der Waals surface area contributed by atoms with Crippen molar-refractivity contribution in [1.82, 2.24) is 4.57 Å². The van der Waals surface area contributed by atoms with Gasteiger partial charge in [-0.3, -0.25) is 9.59 Å². The van der Waals surface area contributed by atoms with Crippen LogP contribution >= 0.6 is 11.3 Å². The third kappa shape index (κ3) is 2.71. The van der Waals surface area contributed by atoms with Crippen molar-refractivity contribution in [2.75, 3.05) is 0 Å². The number of benzene rings is 3. The molecule has 5 heteroatoms. The van der Waals surface area contributed by atoms with Gasteiger partial charge in [-0.2, -0.15) is 0 Å². The standard InChI is InChI=1S/C29H17NO3S/c1-30-23-14-19(33-25(23)15-24(30)27-12-18-8-4-5-9-26(18)34-27)13-22-28(31)20-10-16-6-2-3-7-17(16)11-21(20)29(22)32/h2-15H,1H3. The number of aromatic nitrogens is 1. The van der Waals surface area contributed by atoms with Gasteiger partial charge in [-0.15, -0.1) is 11.3 Å². The molecule has 0 saturated heterocycles. The lowest BCUT2D eigenvalue weighted by molar-refractivity contribution is 0.0990. The van der Waals surface area contributed by atoms with E-state index in [0.717, 1.165) is 27.6 Å². The minimum Gasteiger partial charge on any atom is -0.455 e. The molecule has 3 aromatic carbocycles. The Kier molecular flexibility index (Phi) is 3.90. The molecule has 1 aliphatic rings. The molecule has 0 N–H and O–H groups in total. The number of hydrogen-bond donors (Lipinski definition) is 0. The van der Waals surface area contributed by atoms with Gasteiger partial charge in [0.1, 0.15) is 5.76 Å². The smallest absolute Gasteiger partial charge is 0.197 e. The van der Waals surface area contributed by atoms with Gasteiger partial charge in [-0.1, -0.05) is 42.5 Å². The van der Waals surface area contributed by atoms with E-state index in [1.54, 1.807) is 17.4 Å². The molecule has 0 saturated carbocycles. The van der Waals surface area contributed by atoms with Crippen LogP contribution in [0.3, 0.4) is 0 Å². The Morgan fingerprint density at radius 2 is 1.44 bits per heavy atom. The fraction of sp³-hybridized carbons (Fsp3) is 0.0345. The molecule has 3 aromatic heterocycles. The number of aryl methyl sites for hydroxylation is 1. The summed E-state index contributed by atoms with van der Waals surface area (Å²) in [6.07, 6.45) is 1.58. The minimum absolute atomic E-state index is 0.147. The van der Waals surface area contributed by atoms with Gasteiger partial charge in [-0.05, 0) is 46.5 Å². The van der Waals surface area contributed by atoms with Crippen LogP contribution in [0.25, 0.3) is 48.6 Å². The van der Waals surface area contributed by atoms with E-state index in [1.807, 2.05) is 67.7 Å². The third-order valence-electron chi connectivity index (χ3n) is 6.58. The maximum Gasteiger partial charge on any atom is 0.197 e. The molecule has 162 valence electrons. The van der Waals surface area contributed by atoms with Crippen molar-refractivity contribution in [2.24, 2.45) is 7.05 Å². The molecule has 0 spiro atoms. The molecule has 0 radical (unpaired) electrons. The SMILES string of the molecule is Cn1c(-c2cc3ccccc3s2)cc2oc(C=C3C(=O)c4cc5ccccc5cc4C3=O)cc21. The molecule has 0 atom stereocenters. The number of thiophene rings is 1. The van der Waals surface area contributed by atoms with E-state index in [4.69, 9.17) is 4.42 Å². The monoisotopic (exact) mass is 459 g/mol. The van der Waals surface area contributed by atoms with E-state index >= 15 is 0 Å². The first kappa shape index (κ1) is 19.3. The van der Waals surface area contributed by atoms with Gasteiger partial charge in [-0.25, -0.2) is 0 Å². The number of nitrogens with zero attached hydrogens (tertiary/aromatic N) is 1. The molecule has 0 unspecified atom stereocenters. The molecule has 7 rings (SSSR count). The van der Waals surface area contributed by atoms with Crippen LogP contribution in [0.4, 0.5) is 0 Å². The van der Waals surface area contributed by atoms with Crippen molar-refractivity contribution in [3.8, 4) is 10.6 Å². The summed E-state index contributed by atoms with van der Waals surface area (Å²) in [6, 6.07) is 25.8. The number of carbonyl (C=O) groups excluding carboxylic acids is 2. The average Bonchev–Trinajstić information content (AvgIpc) is 3.58. The number of fused-ring (bicyclic) bond motifs is 4. The molecule has 0 fully saturated rings. The van der Waals surface area contributed by atoms with Crippen LogP contribution in [-0.4, -0.2) is 16.1 Å². The minimum atomic E-state index is -0.253. The van der Waals surface area contributed by atoms with Crippen LogP contribution in [0.1, 0.15) is 26.5 Å². The number of Topliss-reactive ketones (excluding diaryl/α,β-unsaturated/α-hetero) is 2. The van der Waals surface area contributed by atoms with Crippen LogP contribution in [0.15, 0.2) is 88.9 Å². The van der Waals surface area contributed by atoms with Gasteiger partial charge in [0.15, 0.2) is 17.1 Å². The predicted molar refractivity (Wildman–Crippen MR) is 137 cm³/mol. The summed E-state index contributed by atoms with van der Waals surface area (Å²) in [5.41, 5.74) is 3.77. The molecular weight excluding hydrogens is 442 g/mol. The van der Waals surface area contributed by atoms with Crippen molar-refractivity contribution >= 4 is 60.9 Å². The molecule has 34 heavy (non-hydrogen) atoms. The highest BCUT2D eigenvalue weighted by molar-refractivity contribution is 7.22. The quantitative estimate of drug-likeness (QED) is 0.202. The van der Waals surface area contributed by atoms with Crippen molar-refractivity contribution < 1.29 is 14.0 Å². The Labute approximate surface area is 198 Å². The van der Waals surface area contributed by atoms with Gasteiger partial charge < -0.3 is 8.98 Å². The lowest BCUT2D eigenvalue weighted by Gasteiger charge is -2.00. The van der Waals surface area contributed by atoms with Crippen molar-refractivity contribution in [2.45, 2.75) is 0 Å². The molecule has 1 aliphatic carbocycles. The van der Waals surface area contributed by atoms with Gasteiger partial charge in [0, 0.05) is 35.0 Å². The molecular formula is C29H17NO3S. The van der Waals surface area contributed by atoms with Crippen LogP contribution in [0.5, 0.6) is 0 Å². The summed E-state index contributed by atoms with van der Waals surface area (Å²) in [5, 5.41) is 3.11. The second kappa shape index (κ2) is 6.89. The summed E-state index contributed by atoms with van der Waals surface area (Å²) in [6.45, 7) is 0. The number of hydrogen-bond acceptors (Lipinski definition) is 4. The lowest BCUT2D eigenvalue weighted by Crippen LogP contribution is -1.99. The summed E-state index contributed by atoms with van der Waals surface area (Å²) >= 11 is 1.74. The van der Waals surface area contributed by atoms with E-state index in [1.165, 1.54) is 15.0 Å². The summed E-state index contributed by atoms with van der Waals surface area (Å²) in [5.74, 6) is -0.00750. The Balaban J connectivity index is 1.29. The van der Waals surface area contributed by atoms with E-state index in [-0.39, 0.29) is 17.1 Å². The lowest BCUT2D eigenvalue weighted by atomic mass is 10.0. The first-order valence-corrected chi connectivity index (χ1v) is 11.8. The molecule has 6 aromatic rings. The normalized spacial score (nSPS) is 13.5. The Morgan fingerprint density at radius 3 is 2.09 bits per heavy atom. The zero-order valence-electron chi connectivity index (χ0n) is 18.2. The first-order chi connectivity index (χ1) is 16.6. The van der Waals surface area contributed by atoms with Crippen molar-refractivity contribution in [3.63, 3.8) is 0 Å². The number of carbonyl (C=O) groups is 2. The second-order valence-electron chi connectivity index (χ2n) is 8.60. The zero-order valence-corrected chi connectivity index (χ0v) is 19.0. The second-order valence-corrected chi connectivity index (χ2v) is 9.68. The number of rotatable bonds is 2. The molecule has 0 aliphatic heterocycles. The molecule has 3 heterocycles. The molecule has 0 bridgehead atoms. The van der Waals surface area contributed by atoms with Crippen LogP contribution in [0.2, 0.25) is 0 Å². The maximum atomic E-state index is 13.1. The highest BCUT2D eigenvalue weighted by Crippen LogP contribution is 2.38. The number of ketones is 2. The third-order valence-corrected chi connectivity index (χ3v) is 7.72. The molecule has 0 amide bonds. The van der Waals surface area contributed by atoms with Gasteiger partial charge >= 0.3 is 0 Å². The molecule has 4 nitrogen and oxygen atoms in total. The number of allylic oxidation sites excluding steroid dienone is 1. The number of furan rings is 1. The maximum absolute atomic E-state index is 13.1. The Hall–Kier alpha value is -4.22. The largest absolute Gasteiger partial charge is 0.455 e. The van der Waals surface area contributed by atoms with E-state index in [2.05, 4.69) is 22.8 Å². The topological polar surface area (TPSA) is 52.2 Å². The van der Waals surface area contributed by atoms with Gasteiger partial charge in [0.25, 0.3) is 0 Å². The summed E-state index contributed by atoms with van der Waals surface area (Å²) < 4.78 is 9.39. The van der Waals surface area contributed by atoms with E-state index in [9.17, 15) is 9.59 Å². The average molecular weight is 460 g/mol. The zero-order chi connectivity index (χ0) is 23.0. The summed E-state index contributed by atoms with van der Waals surface area (Å²) in [7, 11) is 2.00. The van der Waals surface area contributed by atoms with Crippen LogP contribution < -0.4 is 0 Å². The van der Waals surface area contributed by atoms with Crippen molar-refractivity contribution in [3.05, 3.63) is 101 Å². The fourth-order valence-corrected chi connectivity index (χ4v) is 5.94. The van der Waals surface area contributed by atoms with Gasteiger partial charge in [0.05, 0.1) is 21.7 Å². The fourth-order valence-electron chi connectivity index (χ4n) is 4.83.